The van der Waals surface area contributed by atoms with Crippen molar-refractivity contribution in [1.82, 2.24) is 4.40 Å². The molecule has 0 radical (unpaired) electrons. The van der Waals surface area contributed by atoms with Crippen molar-refractivity contribution in [2.75, 3.05) is 7.11 Å². The minimum atomic E-state index is -0.0293. The summed E-state index contributed by atoms with van der Waals surface area (Å²) in [6.45, 7) is 0. The van der Waals surface area contributed by atoms with E-state index in [4.69, 9.17) is 4.74 Å². The summed E-state index contributed by atoms with van der Waals surface area (Å²) in [5, 5.41) is 0. The van der Waals surface area contributed by atoms with Gasteiger partial charge in [-0.3, -0.25) is 4.79 Å². The van der Waals surface area contributed by atoms with E-state index in [1.54, 1.807) is 25.3 Å². The summed E-state index contributed by atoms with van der Waals surface area (Å²) in [4.78, 5) is 13.4. The first-order valence-electron chi connectivity index (χ1n) is 8.23. The highest BCUT2D eigenvalue weighted by Gasteiger charge is 2.20. The predicted molar refractivity (Wildman–Crippen MR) is 107 cm³/mol. The fourth-order valence-corrected chi connectivity index (χ4v) is 3.68. The second-order valence-electron chi connectivity index (χ2n) is 5.95. The lowest BCUT2D eigenvalue weighted by atomic mass is 10.0. The smallest absolute Gasteiger partial charge is 0.210 e. The van der Waals surface area contributed by atoms with Gasteiger partial charge in [0.05, 0.1) is 11.6 Å². The van der Waals surface area contributed by atoms with Gasteiger partial charge in [0.15, 0.2) is 0 Å². The lowest BCUT2D eigenvalue weighted by Gasteiger charge is -2.09. The zero-order chi connectivity index (χ0) is 18.1. The summed E-state index contributed by atoms with van der Waals surface area (Å²) in [6, 6.07) is 23.4. The molecule has 0 amide bonds. The number of rotatable bonds is 4. The zero-order valence-electron chi connectivity index (χ0n) is 14.1. The van der Waals surface area contributed by atoms with Gasteiger partial charge in [-0.25, -0.2) is 0 Å². The molecule has 4 rings (SSSR count). The van der Waals surface area contributed by atoms with Gasteiger partial charge in [0.1, 0.15) is 11.4 Å². The van der Waals surface area contributed by atoms with Crippen molar-refractivity contribution < 1.29 is 9.53 Å². The first-order chi connectivity index (χ1) is 12.7. The maximum Gasteiger partial charge on any atom is 0.210 e. The maximum atomic E-state index is 13.4. The van der Waals surface area contributed by atoms with E-state index in [-0.39, 0.29) is 5.78 Å². The molecule has 26 heavy (non-hydrogen) atoms. The van der Waals surface area contributed by atoms with Crippen molar-refractivity contribution >= 4 is 27.2 Å². The fourth-order valence-electron chi connectivity index (χ4n) is 3.14. The van der Waals surface area contributed by atoms with Crippen LogP contribution in [-0.4, -0.2) is 17.3 Å². The van der Waals surface area contributed by atoms with Crippen molar-refractivity contribution in [2.45, 2.75) is 0 Å². The lowest BCUT2D eigenvalue weighted by Crippen LogP contribution is -2.07. The molecule has 2 aromatic heterocycles. The third-order valence-electron chi connectivity index (χ3n) is 4.39. The van der Waals surface area contributed by atoms with Crippen LogP contribution in [0, 0.1) is 0 Å². The molecule has 0 atom stereocenters. The van der Waals surface area contributed by atoms with Crippen molar-refractivity contribution in [3.05, 3.63) is 94.7 Å². The number of carbonyl (C=O) groups is 1. The summed E-state index contributed by atoms with van der Waals surface area (Å²) in [5.41, 5.74) is 4.20. The summed E-state index contributed by atoms with van der Waals surface area (Å²) in [7, 11) is 1.61. The van der Waals surface area contributed by atoms with Crippen molar-refractivity contribution in [1.29, 1.82) is 0 Å². The predicted octanol–water partition coefficient (Wildman–Crippen LogP) is 5.61. The van der Waals surface area contributed by atoms with Crippen LogP contribution in [0.4, 0.5) is 0 Å². The van der Waals surface area contributed by atoms with E-state index >= 15 is 0 Å². The van der Waals surface area contributed by atoms with E-state index in [1.807, 2.05) is 59.1 Å². The van der Waals surface area contributed by atoms with Crippen LogP contribution in [0.1, 0.15) is 16.1 Å². The van der Waals surface area contributed by atoms with Gasteiger partial charge in [0, 0.05) is 22.8 Å². The Bertz CT molecular complexity index is 1100. The number of nitrogens with zero attached hydrogens (tertiary/aromatic N) is 1. The first kappa shape index (κ1) is 16.6. The van der Waals surface area contributed by atoms with Gasteiger partial charge in [-0.15, -0.1) is 0 Å². The number of fused-ring (bicyclic) bond motifs is 1. The van der Waals surface area contributed by atoms with Crippen LogP contribution < -0.4 is 4.74 Å². The third-order valence-corrected chi connectivity index (χ3v) is 5.01. The normalized spacial score (nSPS) is 10.8. The van der Waals surface area contributed by atoms with Gasteiger partial charge >= 0.3 is 0 Å². The number of methoxy groups -OCH3 is 1. The molecule has 4 aromatic rings. The SMILES string of the molecule is COc1ccc(C(=O)c2c(-c3ccccc3)cc3ccccn23)cc1Br. The Balaban J connectivity index is 1.92. The average Bonchev–Trinajstić information content (AvgIpc) is 3.07. The van der Waals surface area contributed by atoms with Gasteiger partial charge in [0.25, 0.3) is 0 Å². The van der Waals surface area contributed by atoms with Gasteiger partial charge in [-0.05, 0) is 57.9 Å². The van der Waals surface area contributed by atoms with Crippen LogP contribution in [0.25, 0.3) is 16.6 Å². The number of aromatic nitrogens is 1. The van der Waals surface area contributed by atoms with Crippen LogP contribution in [0.15, 0.2) is 83.5 Å². The zero-order valence-corrected chi connectivity index (χ0v) is 15.7. The molecule has 3 nitrogen and oxygen atoms in total. The molecule has 4 heteroatoms. The largest absolute Gasteiger partial charge is 0.496 e. The highest BCUT2D eigenvalue weighted by molar-refractivity contribution is 9.10. The minimum Gasteiger partial charge on any atom is -0.496 e. The van der Waals surface area contributed by atoms with Gasteiger partial charge in [0.2, 0.25) is 5.78 Å². The molecule has 0 N–H and O–H groups in total. The summed E-state index contributed by atoms with van der Waals surface area (Å²) < 4.78 is 7.97. The van der Waals surface area contributed by atoms with Crippen molar-refractivity contribution in [3.63, 3.8) is 0 Å². The van der Waals surface area contributed by atoms with Crippen LogP contribution in [0.2, 0.25) is 0 Å². The molecule has 0 spiro atoms. The Morgan fingerprint density at radius 2 is 1.73 bits per heavy atom. The Morgan fingerprint density at radius 1 is 0.962 bits per heavy atom. The van der Waals surface area contributed by atoms with Gasteiger partial charge in [-0.2, -0.15) is 0 Å². The molecule has 2 heterocycles. The number of ketones is 1. The third kappa shape index (κ3) is 2.82. The lowest BCUT2D eigenvalue weighted by molar-refractivity contribution is 0.103. The summed E-state index contributed by atoms with van der Waals surface area (Å²) >= 11 is 3.47. The Morgan fingerprint density at radius 3 is 2.46 bits per heavy atom. The molecular formula is C22H16BrNO2. The standard InChI is InChI=1S/C22H16BrNO2/c1-26-20-11-10-16(13-19(20)23)22(25)21-18(15-7-3-2-4-8-15)14-17-9-5-6-12-24(17)21/h2-14H,1H3. The highest BCUT2D eigenvalue weighted by Crippen LogP contribution is 2.31. The Kier molecular flexibility index (Phi) is 4.35. The molecule has 0 saturated heterocycles. The number of hydrogen-bond acceptors (Lipinski definition) is 2. The van der Waals surface area contributed by atoms with E-state index in [1.165, 1.54) is 0 Å². The van der Waals surface area contributed by atoms with Gasteiger partial charge < -0.3 is 9.14 Å². The molecule has 0 aliphatic carbocycles. The Labute approximate surface area is 160 Å². The molecule has 0 aliphatic heterocycles. The number of pyridine rings is 1. The quantitative estimate of drug-likeness (QED) is 0.413. The molecule has 128 valence electrons. The second kappa shape index (κ2) is 6.81. The highest BCUT2D eigenvalue weighted by atomic mass is 79.9. The molecule has 0 aliphatic rings. The molecule has 0 saturated carbocycles. The van der Waals surface area contributed by atoms with E-state index < -0.39 is 0 Å². The number of benzene rings is 2. The molecule has 0 bridgehead atoms. The van der Waals surface area contributed by atoms with E-state index in [9.17, 15) is 4.79 Å². The van der Waals surface area contributed by atoms with Crippen LogP contribution >= 0.6 is 15.9 Å². The maximum absolute atomic E-state index is 13.4. The fraction of sp³-hybridized carbons (Fsp3) is 0.0455. The number of ether oxygens (including phenoxy) is 1. The van der Waals surface area contributed by atoms with E-state index in [0.717, 1.165) is 21.1 Å². The summed E-state index contributed by atoms with van der Waals surface area (Å²) in [6.07, 6.45) is 1.92. The van der Waals surface area contributed by atoms with Gasteiger partial charge in [-0.1, -0.05) is 36.4 Å². The van der Waals surface area contributed by atoms with E-state index in [2.05, 4.69) is 22.0 Å². The first-order valence-corrected chi connectivity index (χ1v) is 9.02. The summed E-state index contributed by atoms with van der Waals surface area (Å²) in [5.74, 6) is 0.670. The average molecular weight is 406 g/mol. The molecule has 2 aromatic carbocycles. The molecule has 0 unspecified atom stereocenters. The van der Waals surface area contributed by atoms with Crippen LogP contribution in [-0.2, 0) is 0 Å². The second-order valence-corrected chi connectivity index (χ2v) is 6.80. The van der Waals surface area contributed by atoms with E-state index in [0.29, 0.717) is 17.0 Å². The number of halogens is 1. The Hall–Kier alpha value is -2.85. The van der Waals surface area contributed by atoms with Crippen molar-refractivity contribution in [2.24, 2.45) is 0 Å². The monoisotopic (exact) mass is 405 g/mol. The van der Waals surface area contributed by atoms with Crippen LogP contribution in [0.5, 0.6) is 5.75 Å². The molecule has 0 fully saturated rings. The number of hydrogen-bond donors (Lipinski definition) is 0. The topological polar surface area (TPSA) is 30.7 Å². The van der Waals surface area contributed by atoms with Crippen molar-refractivity contribution in [3.8, 4) is 16.9 Å². The minimum absolute atomic E-state index is 0.0293. The number of carbonyl (C=O) groups excluding carboxylic acids is 1. The van der Waals surface area contributed by atoms with Crippen LogP contribution in [0.3, 0.4) is 0 Å². The molecular weight excluding hydrogens is 390 g/mol.